The van der Waals surface area contributed by atoms with Gasteiger partial charge in [-0.1, -0.05) is 23.7 Å². The number of aromatic nitrogens is 3. The SMILES string of the molecule is CCN(CCOc1ccccc1Cl)c1ncnc2oc(C)nc12. The van der Waals surface area contributed by atoms with E-state index in [0.717, 1.165) is 12.4 Å². The van der Waals surface area contributed by atoms with E-state index in [4.69, 9.17) is 20.8 Å². The van der Waals surface area contributed by atoms with Crippen LogP contribution in [-0.2, 0) is 0 Å². The molecule has 23 heavy (non-hydrogen) atoms. The number of oxazole rings is 1. The minimum atomic E-state index is 0.486. The molecule has 0 aliphatic heterocycles. The fourth-order valence-corrected chi connectivity index (χ4v) is 2.51. The van der Waals surface area contributed by atoms with Gasteiger partial charge in [0.2, 0.25) is 0 Å². The Labute approximate surface area is 139 Å². The van der Waals surface area contributed by atoms with Crippen molar-refractivity contribution >= 4 is 28.6 Å². The lowest BCUT2D eigenvalue weighted by Gasteiger charge is -2.21. The molecule has 0 amide bonds. The normalized spacial score (nSPS) is 10.9. The Morgan fingerprint density at radius 1 is 1.26 bits per heavy atom. The highest BCUT2D eigenvalue weighted by atomic mass is 35.5. The number of rotatable bonds is 6. The van der Waals surface area contributed by atoms with Gasteiger partial charge in [-0.05, 0) is 19.1 Å². The van der Waals surface area contributed by atoms with Crippen molar-refractivity contribution in [1.82, 2.24) is 15.0 Å². The third-order valence-electron chi connectivity index (χ3n) is 3.42. The molecule has 1 aromatic carbocycles. The summed E-state index contributed by atoms with van der Waals surface area (Å²) in [4.78, 5) is 14.9. The Hall–Kier alpha value is -2.34. The van der Waals surface area contributed by atoms with Crippen molar-refractivity contribution < 1.29 is 9.15 Å². The molecule has 7 heteroatoms. The van der Waals surface area contributed by atoms with Gasteiger partial charge in [0.25, 0.3) is 5.71 Å². The summed E-state index contributed by atoms with van der Waals surface area (Å²) in [6.07, 6.45) is 1.49. The highest BCUT2D eigenvalue weighted by Gasteiger charge is 2.15. The number of benzene rings is 1. The number of aryl methyl sites for hydroxylation is 1. The predicted molar refractivity (Wildman–Crippen MR) is 89.2 cm³/mol. The molecule has 0 aliphatic carbocycles. The molecule has 0 saturated carbocycles. The molecule has 2 aromatic heterocycles. The molecule has 0 atom stereocenters. The van der Waals surface area contributed by atoms with Crippen LogP contribution in [0.15, 0.2) is 35.0 Å². The zero-order valence-corrected chi connectivity index (χ0v) is 13.7. The van der Waals surface area contributed by atoms with Crippen molar-refractivity contribution in [3.63, 3.8) is 0 Å². The summed E-state index contributed by atoms with van der Waals surface area (Å²) < 4.78 is 11.2. The summed E-state index contributed by atoms with van der Waals surface area (Å²) in [6, 6.07) is 7.42. The molecule has 0 bridgehead atoms. The van der Waals surface area contributed by atoms with Gasteiger partial charge in [0.1, 0.15) is 18.7 Å². The molecule has 0 aliphatic rings. The van der Waals surface area contributed by atoms with Crippen molar-refractivity contribution in [2.45, 2.75) is 13.8 Å². The molecule has 0 unspecified atom stereocenters. The van der Waals surface area contributed by atoms with Crippen LogP contribution in [-0.4, -0.2) is 34.6 Å². The van der Waals surface area contributed by atoms with Crippen molar-refractivity contribution in [3.8, 4) is 5.75 Å². The van der Waals surface area contributed by atoms with Gasteiger partial charge in [-0.15, -0.1) is 0 Å². The number of ether oxygens (including phenoxy) is 1. The Morgan fingerprint density at radius 3 is 2.87 bits per heavy atom. The van der Waals surface area contributed by atoms with Crippen molar-refractivity contribution in [2.24, 2.45) is 0 Å². The summed E-state index contributed by atoms with van der Waals surface area (Å²) in [5.41, 5.74) is 1.17. The number of nitrogens with zero attached hydrogens (tertiary/aromatic N) is 4. The lowest BCUT2D eigenvalue weighted by Crippen LogP contribution is -2.29. The Bertz CT molecular complexity index is 806. The van der Waals surface area contributed by atoms with Gasteiger partial charge in [-0.2, -0.15) is 4.98 Å². The minimum absolute atomic E-state index is 0.486. The van der Waals surface area contributed by atoms with Gasteiger partial charge in [0, 0.05) is 13.5 Å². The van der Waals surface area contributed by atoms with Crippen LogP contribution in [0.5, 0.6) is 5.75 Å². The lowest BCUT2D eigenvalue weighted by atomic mass is 10.3. The largest absolute Gasteiger partial charge is 0.490 e. The van der Waals surface area contributed by atoms with E-state index in [9.17, 15) is 0 Å². The molecular formula is C16H17ClN4O2. The van der Waals surface area contributed by atoms with Crippen LogP contribution in [0.25, 0.3) is 11.2 Å². The first-order valence-corrected chi connectivity index (χ1v) is 7.77. The van der Waals surface area contributed by atoms with E-state index < -0.39 is 0 Å². The Kier molecular flexibility index (Phi) is 4.62. The number of anilines is 1. The van der Waals surface area contributed by atoms with Crippen LogP contribution in [0.1, 0.15) is 12.8 Å². The molecule has 6 nitrogen and oxygen atoms in total. The highest BCUT2D eigenvalue weighted by molar-refractivity contribution is 6.32. The lowest BCUT2D eigenvalue weighted by molar-refractivity contribution is 0.324. The molecular weight excluding hydrogens is 316 g/mol. The van der Waals surface area contributed by atoms with Gasteiger partial charge in [0.05, 0.1) is 11.6 Å². The van der Waals surface area contributed by atoms with Gasteiger partial charge in [0.15, 0.2) is 17.2 Å². The first-order chi connectivity index (χ1) is 11.2. The van der Waals surface area contributed by atoms with E-state index in [0.29, 0.717) is 41.0 Å². The number of hydrogen-bond acceptors (Lipinski definition) is 6. The number of para-hydroxylation sites is 1. The molecule has 0 saturated heterocycles. The van der Waals surface area contributed by atoms with Crippen molar-refractivity contribution in [1.29, 1.82) is 0 Å². The molecule has 0 radical (unpaired) electrons. The second-order valence-corrected chi connectivity index (χ2v) is 5.35. The maximum Gasteiger partial charge on any atom is 0.252 e. The molecule has 0 N–H and O–H groups in total. The van der Waals surface area contributed by atoms with Crippen LogP contribution in [0.4, 0.5) is 5.82 Å². The number of hydrogen-bond donors (Lipinski definition) is 0. The Balaban J connectivity index is 1.73. The molecule has 0 fully saturated rings. The zero-order chi connectivity index (χ0) is 16.2. The summed E-state index contributed by atoms with van der Waals surface area (Å²) >= 11 is 6.09. The number of halogens is 1. The van der Waals surface area contributed by atoms with Crippen LogP contribution < -0.4 is 9.64 Å². The molecule has 0 spiro atoms. The highest BCUT2D eigenvalue weighted by Crippen LogP contribution is 2.24. The van der Waals surface area contributed by atoms with E-state index in [1.165, 1.54) is 6.33 Å². The fourth-order valence-electron chi connectivity index (χ4n) is 2.32. The first kappa shape index (κ1) is 15.6. The smallest absolute Gasteiger partial charge is 0.252 e. The van der Waals surface area contributed by atoms with Gasteiger partial charge in [-0.3, -0.25) is 0 Å². The maximum absolute atomic E-state index is 6.09. The molecule has 2 heterocycles. The van der Waals surface area contributed by atoms with Gasteiger partial charge in [-0.25, -0.2) is 9.97 Å². The van der Waals surface area contributed by atoms with E-state index in [2.05, 4.69) is 26.8 Å². The van der Waals surface area contributed by atoms with E-state index in [1.54, 1.807) is 13.0 Å². The van der Waals surface area contributed by atoms with Crippen molar-refractivity contribution in [3.05, 3.63) is 41.5 Å². The number of fused-ring (bicyclic) bond motifs is 1. The molecule has 3 rings (SSSR count). The summed E-state index contributed by atoms with van der Waals surface area (Å²) in [5, 5.41) is 0.604. The summed E-state index contributed by atoms with van der Waals surface area (Å²) in [7, 11) is 0. The number of likely N-dealkylation sites (N-methyl/N-ethyl adjacent to an activating group) is 1. The third-order valence-corrected chi connectivity index (χ3v) is 3.73. The monoisotopic (exact) mass is 332 g/mol. The van der Waals surface area contributed by atoms with E-state index in [1.807, 2.05) is 18.2 Å². The minimum Gasteiger partial charge on any atom is -0.490 e. The zero-order valence-electron chi connectivity index (χ0n) is 13.0. The summed E-state index contributed by atoms with van der Waals surface area (Å²) in [6.45, 7) is 5.75. The summed E-state index contributed by atoms with van der Waals surface area (Å²) in [5.74, 6) is 2.00. The van der Waals surface area contributed by atoms with Crippen LogP contribution in [0.3, 0.4) is 0 Å². The predicted octanol–water partition coefficient (Wildman–Crippen LogP) is 3.48. The van der Waals surface area contributed by atoms with Crippen LogP contribution in [0, 0.1) is 6.92 Å². The van der Waals surface area contributed by atoms with E-state index >= 15 is 0 Å². The quantitative estimate of drug-likeness (QED) is 0.688. The molecule has 120 valence electrons. The second kappa shape index (κ2) is 6.83. The molecule has 3 aromatic rings. The second-order valence-electron chi connectivity index (χ2n) is 4.94. The third kappa shape index (κ3) is 3.37. The average molecular weight is 333 g/mol. The fraction of sp³-hybridized carbons (Fsp3) is 0.312. The van der Waals surface area contributed by atoms with Gasteiger partial charge < -0.3 is 14.1 Å². The maximum atomic E-state index is 6.09. The average Bonchev–Trinajstić information content (AvgIpc) is 2.93. The standard InChI is InChI=1S/C16H17ClN4O2/c1-3-21(8-9-22-13-7-5-4-6-12(13)17)15-14-16(19-10-18-15)23-11(2)20-14/h4-7,10H,3,8-9H2,1-2H3. The van der Waals surface area contributed by atoms with E-state index in [-0.39, 0.29) is 0 Å². The van der Waals surface area contributed by atoms with Crippen LogP contribution in [0.2, 0.25) is 5.02 Å². The van der Waals surface area contributed by atoms with Crippen molar-refractivity contribution in [2.75, 3.05) is 24.6 Å². The topological polar surface area (TPSA) is 64.3 Å². The van der Waals surface area contributed by atoms with Crippen LogP contribution >= 0.6 is 11.6 Å². The van der Waals surface area contributed by atoms with Gasteiger partial charge >= 0.3 is 0 Å². The Morgan fingerprint density at radius 2 is 2.09 bits per heavy atom. The first-order valence-electron chi connectivity index (χ1n) is 7.39.